The van der Waals surface area contributed by atoms with Crippen molar-refractivity contribution in [3.63, 3.8) is 0 Å². The second-order valence-corrected chi connectivity index (χ2v) is 4.62. The van der Waals surface area contributed by atoms with E-state index >= 15 is 0 Å². The van der Waals surface area contributed by atoms with E-state index in [4.69, 9.17) is 10.9 Å². The lowest BCUT2D eigenvalue weighted by molar-refractivity contribution is 0.0916. The van der Waals surface area contributed by atoms with Gasteiger partial charge >= 0.3 is 0 Å². The van der Waals surface area contributed by atoms with Crippen LogP contribution in [-0.4, -0.2) is 27.5 Å². The molecule has 1 aromatic rings. The normalized spacial score (nSPS) is 12.2. The number of aryl methyl sites for hydroxylation is 1. The van der Waals surface area contributed by atoms with Crippen LogP contribution >= 0.6 is 0 Å². The van der Waals surface area contributed by atoms with Crippen LogP contribution in [0.1, 0.15) is 42.7 Å². The van der Waals surface area contributed by atoms with Crippen LogP contribution < -0.4 is 16.5 Å². The van der Waals surface area contributed by atoms with Crippen molar-refractivity contribution in [2.75, 3.05) is 0 Å². The number of oxime groups is 1. The summed E-state index contributed by atoms with van der Waals surface area (Å²) in [5.74, 6) is -0.638. The van der Waals surface area contributed by atoms with E-state index in [0.717, 1.165) is 0 Å². The van der Waals surface area contributed by atoms with E-state index in [0.29, 0.717) is 18.5 Å². The molecular weight excluding hydrogens is 260 g/mol. The fourth-order valence-corrected chi connectivity index (χ4v) is 1.98. The molecule has 7 nitrogen and oxygen atoms in total. The van der Waals surface area contributed by atoms with Crippen molar-refractivity contribution in [3.05, 3.63) is 33.7 Å². The number of carbonyl (C=O) groups is 1. The summed E-state index contributed by atoms with van der Waals surface area (Å²) >= 11 is 0. The maximum absolute atomic E-state index is 12.2. The smallest absolute Gasteiger partial charge is 0.257 e. The number of carbonyl (C=O) groups excluding carboxylic acids is 1. The van der Waals surface area contributed by atoms with Crippen molar-refractivity contribution in [1.29, 1.82) is 0 Å². The lowest BCUT2D eigenvalue weighted by Gasteiger charge is -2.31. The number of hydrogen-bond acceptors (Lipinski definition) is 4. The number of H-pyrrole nitrogens is 1. The van der Waals surface area contributed by atoms with Crippen LogP contribution in [0.15, 0.2) is 22.2 Å². The maximum atomic E-state index is 12.2. The Labute approximate surface area is 116 Å². The molecule has 1 aromatic heterocycles. The molecule has 5 N–H and O–H groups in total. The summed E-state index contributed by atoms with van der Waals surface area (Å²) in [5, 5.41) is 14.5. The molecule has 110 valence electrons. The quantitative estimate of drug-likeness (QED) is 0.275. The van der Waals surface area contributed by atoms with Gasteiger partial charge in [0.15, 0.2) is 11.3 Å². The van der Waals surface area contributed by atoms with Gasteiger partial charge in [0, 0.05) is 18.0 Å². The monoisotopic (exact) mass is 280 g/mol. The van der Waals surface area contributed by atoms with Crippen molar-refractivity contribution in [2.24, 2.45) is 10.9 Å². The summed E-state index contributed by atoms with van der Waals surface area (Å²) in [6.45, 7) is 5.34. The minimum Gasteiger partial charge on any atom is -0.409 e. The highest BCUT2D eigenvalue weighted by atomic mass is 16.4. The van der Waals surface area contributed by atoms with Crippen molar-refractivity contribution in [1.82, 2.24) is 10.3 Å². The molecule has 0 aliphatic rings. The Bertz CT molecular complexity index is 573. The third kappa shape index (κ3) is 2.98. The molecule has 0 spiro atoms. The van der Waals surface area contributed by atoms with E-state index in [1.165, 1.54) is 12.3 Å². The van der Waals surface area contributed by atoms with Gasteiger partial charge in [-0.15, -0.1) is 0 Å². The molecule has 0 radical (unpaired) electrons. The maximum Gasteiger partial charge on any atom is 0.257 e. The lowest BCUT2D eigenvalue weighted by Crippen LogP contribution is -2.57. The van der Waals surface area contributed by atoms with Crippen LogP contribution in [0.5, 0.6) is 0 Å². The Morgan fingerprint density at radius 3 is 2.55 bits per heavy atom. The summed E-state index contributed by atoms with van der Waals surface area (Å²) < 4.78 is 0. The van der Waals surface area contributed by atoms with Crippen molar-refractivity contribution in [2.45, 2.75) is 39.2 Å². The van der Waals surface area contributed by atoms with Crippen molar-refractivity contribution in [3.8, 4) is 0 Å². The molecule has 0 fully saturated rings. The third-order valence-corrected chi connectivity index (χ3v) is 3.46. The van der Waals surface area contributed by atoms with Crippen molar-refractivity contribution >= 4 is 11.7 Å². The van der Waals surface area contributed by atoms with Gasteiger partial charge in [0.1, 0.15) is 11.1 Å². The fraction of sp³-hybridized carbons (Fsp3) is 0.462. The molecular formula is C13H20N4O3. The van der Waals surface area contributed by atoms with E-state index in [2.05, 4.69) is 15.5 Å². The van der Waals surface area contributed by atoms with Crippen LogP contribution in [0, 0.1) is 6.92 Å². The zero-order valence-corrected chi connectivity index (χ0v) is 11.9. The molecule has 0 unspecified atom stereocenters. The van der Waals surface area contributed by atoms with Crippen LogP contribution in [0.4, 0.5) is 0 Å². The van der Waals surface area contributed by atoms with E-state index in [1.54, 1.807) is 20.8 Å². The molecule has 20 heavy (non-hydrogen) atoms. The number of amidine groups is 1. The summed E-state index contributed by atoms with van der Waals surface area (Å²) in [6, 6.07) is 1.35. The molecule has 0 aliphatic heterocycles. The van der Waals surface area contributed by atoms with Gasteiger partial charge in [0.2, 0.25) is 0 Å². The predicted molar refractivity (Wildman–Crippen MR) is 76.0 cm³/mol. The van der Waals surface area contributed by atoms with Crippen LogP contribution in [0.3, 0.4) is 0 Å². The van der Waals surface area contributed by atoms with Crippen LogP contribution in [0.25, 0.3) is 0 Å². The van der Waals surface area contributed by atoms with Crippen LogP contribution in [0.2, 0.25) is 0 Å². The number of nitrogens with one attached hydrogen (secondary N) is 2. The van der Waals surface area contributed by atoms with E-state index < -0.39 is 11.4 Å². The Kier molecular flexibility index (Phi) is 4.90. The van der Waals surface area contributed by atoms with Crippen LogP contribution in [-0.2, 0) is 0 Å². The number of aromatic amines is 1. The second kappa shape index (κ2) is 6.23. The zero-order chi connectivity index (χ0) is 15.3. The minimum atomic E-state index is -0.969. The van der Waals surface area contributed by atoms with Gasteiger partial charge < -0.3 is 21.2 Å². The average Bonchev–Trinajstić information content (AvgIpc) is 2.43. The van der Waals surface area contributed by atoms with Gasteiger partial charge in [-0.25, -0.2) is 0 Å². The SMILES string of the molecule is CCC(CC)(NC(=O)c1c[nH]c(C)cc1=O)C(N)=NO. The molecule has 1 heterocycles. The van der Waals surface area contributed by atoms with Gasteiger partial charge in [0.05, 0.1) is 0 Å². The number of hydrogen-bond donors (Lipinski definition) is 4. The van der Waals surface area contributed by atoms with Gasteiger partial charge in [-0.3, -0.25) is 9.59 Å². The molecule has 0 aliphatic carbocycles. The molecule has 0 saturated carbocycles. The van der Waals surface area contributed by atoms with Gasteiger partial charge in [-0.2, -0.15) is 0 Å². The first-order valence-electron chi connectivity index (χ1n) is 6.40. The number of amides is 1. The highest BCUT2D eigenvalue weighted by Gasteiger charge is 2.34. The Hall–Kier alpha value is -2.31. The van der Waals surface area contributed by atoms with E-state index in [9.17, 15) is 9.59 Å². The standard InChI is InChI=1S/C13H20N4O3/c1-4-13(5-2,12(14)17-20)16-11(19)9-7-15-8(3)6-10(9)18/h6-7,20H,4-5H2,1-3H3,(H2,14,17)(H,15,18)(H,16,19). The molecule has 0 atom stereocenters. The predicted octanol–water partition coefficient (Wildman–Crippen LogP) is 0.718. The Morgan fingerprint density at radius 1 is 1.50 bits per heavy atom. The van der Waals surface area contributed by atoms with Gasteiger partial charge in [-0.05, 0) is 19.8 Å². The number of nitrogens with zero attached hydrogens (tertiary/aromatic N) is 1. The van der Waals surface area contributed by atoms with E-state index in [-0.39, 0.29) is 16.8 Å². The number of rotatable bonds is 5. The summed E-state index contributed by atoms with van der Waals surface area (Å²) in [5.41, 5.74) is 4.98. The van der Waals surface area contributed by atoms with Gasteiger partial charge in [-0.1, -0.05) is 19.0 Å². The van der Waals surface area contributed by atoms with Gasteiger partial charge in [0.25, 0.3) is 5.91 Å². The lowest BCUT2D eigenvalue weighted by atomic mass is 9.91. The largest absolute Gasteiger partial charge is 0.409 e. The molecule has 0 aromatic carbocycles. The van der Waals surface area contributed by atoms with Crippen molar-refractivity contribution < 1.29 is 10.0 Å². The molecule has 1 rings (SSSR count). The molecule has 7 heteroatoms. The Morgan fingerprint density at radius 2 is 2.10 bits per heavy atom. The number of aromatic nitrogens is 1. The average molecular weight is 280 g/mol. The Balaban J connectivity index is 3.12. The first-order chi connectivity index (χ1) is 9.40. The fourth-order valence-electron chi connectivity index (χ4n) is 1.98. The number of nitrogens with two attached hydrogens (primary N) is 1. The summed E-state index contributed by atoms with van der Waals surface area (Å²) in [6.07, 6.45) is 2.24. The highest BCUT2D eigenvalue weighted by molar-refractivity contribution is 6.00. The molecule has 1 amide bonds. The zero-order valence-electron chi connectivity index (χ0n) is 11.9. The first-order valence-corrected chi connectivity index (χ1v) is 6.40. The number of pyridine rings is 1. The van der Waals surface area contributed by atoms with E-state index in [1.807, 2.05) is 0 Å². The summed E-state index contributed by atoms with van der Waals surface area (Å²) in [7, 11) is 0. The molecule has 0 saturated heterocycles. The highest BCUT2D eigenvalue weighted by Crippen LogP contribution is 2.16. The molecule has 0 bridgehead atoms. The topological polar surface area (TPSA) is 121 Å². The first kappa shape index (κ1) is 15.7. The third-order valence-electron chi connectivity index (χ3n) is 3.46. The minimum absolute atomic E-state index is 0.00684. The second-order valence-electron chi connectivity index (χ2n) is 4.62. The summed E-state index contributed by atoms with van der Waals surface area (Å²) in [4.78, 5) is 26.8.